The fraction of sp³-hybridized carbons (Fsp3) is 0.286. The Morgan fingerprint density at radius 1 is 1.19 bits per heavy atom. The summed E-state index contributed by atoms with van der Waals surface area (Å²) in [6.45, 7) is 5.14. The van der Waals surface area contributed by atoms with Gasteiger partial charge in [0.2, 0.25) is 11.6 Å². The fourth-order valence-electron chi connectivity index (χ4n) is 2.04. The van der Waals surface area contributed by atoms with Gasteiger partial charge in [-0.15, -0.1) is 0 Å². The molecule has 0 saturated heterocycles. The summed E-state index contributed by atoms with van der Waals surface area (Å²) >= 11 is 0. The summed E-state index contributed by atoms with van der Waals surface area (Å²) in [6, 6.07) is 9.22. The Hall–Kier alpha value is -2.70. The highest BCUT2D eigenvalue weighted by atomic mass is 16.6. The molecule has 0 bridgehead atoms. The van der Waals surface area contributed by atoms with E-state index in [0.29, 0.717) is 18.9 Å². The average molecular weight is 287 g/mol. The van der Waals surface area contributed by atoms with E-state index in [1.54, 1.807) is 0 Å². The molecule has 1 N–H and O–H groups in total. The molecule has 7 heteroatoms. The van der Waals surface area contributed by atoms with Gasteiger partial charge in [-0.05, 0) is 26.0 Å². The minimum absolute atomic E-state index is 0.106. The third-order valence-electron chi connectivity index (χ3n) is 3.09. The highest BCUT2D eigenvalue weighted by Gasteiger charge is 2.25. The number of nitrogens with zero attached hydrogens (tertiary/aromatic N) is 4. The molecule has 0 unspecified atom stereocenters. The van der Waals surface area contributed by atoms with E-state index in [0.717, 1.165) is 5.69 Å². The molecule has 7 nitrogen and oxygen atoms in total. The first-order valence-electron chi connectivity index (χ1n) is 6.73. The Morgan fingerprint density at radius 2 is 1.86 bits per heavy atom. The lowest BCUT2D eigenvalue weighted by molar-refractivity contribution is -0.383. The molecule has 110 valence electrons. The van der Waals surface area contributed by atoms with Crippen molar-refractivity contribution in [3.05, 3.63) is 46.8 Å². The third kappa shape index (κ3) is 3.25. The predicted octanol–water partition coefficient (Wildman–Crippen LogP) is 2.97. The van der Waals surface area contributed by atoms with Gasteiger partial charge in [0.1, 0.15) is 6.33 Å². The molecule has 0 fully saturated rings. The van der Waals surface area contributed by atoms with Crippen LogP contribution in [0.25, 0.3) is 0 Å². The van der Waals surface area contributed by atoms with Crippen molar-refractivity contribution in [1.29, 1.82) is 0 Å². The van der Waals surface area contributed by atoms with E-state index in [1.807, 2.05) is 49.1 Å². The lowest BCUT2D eigenvalue weighted by atomic mass is 10.3. The van der Waals surface area contributed by atoms with Crippen LogP contribution in [0.1, 0.15) is 13.8 Å². The van der Waals surface area contributed by atoms with Crippen LogP contribution in [0.5, 0.6) is 0 Å². The zero-order valence-corrected chi connectivity index (χ0v) is 12.0. The second-order valence-corrected chi connectivity index (χ2v) is 4.31. The van der Waals surface area contributed by atoms with Gasteiger partial charge in [0.15, 0.2) is 0 Å². The van der Waals surface area contributed by atoms with Gasteiger partial charge >= 0.3 is 5.69 Å². The zero-order chi connectivity index (χ0) is 15.2. The van der Waals surface area contributed by atoms with Gasteiger partial charge in [-0.1, -0.05) is 18.2 Å². The van der Waals surface area contributed by atoms with Crippen molar-refractivity contribution in [2.45, 2.75) is 13.8 Å². The van der Waals surface area contributed by atoms with Gasteiger partial charge in [0.05, 0.1) is 4.92 Å². The minimum atomic E-state index is -0.446. The molecular weight excluding hydrogens is 270 g/mol. The Bertz CT molecular complexity index is 614. The van der Waals surface area contributed by atoms with E-state index in [9.17, 15) is 10.1 Å². The van der Waals surface area contributed by atoms with Crippen LogP contribution >= 0.6 is 0 Å². The third-order valence-corrected chi connectivity index (χ3v) is 3.09. The van der Waals surface area contributed by atoms with Crippen LogP contribution in [0.15, 0.2) is 36.7 Å². The first kappa shape index (κ1) is 14.7. The molecule has 2 rings (SSSR count). The standard InChI is InChI=1S/C14H17N5O2/c1-3-18(4-2)14-12(19(20)21)13(15-10-16-14)17-11-8-6-5-7-9-11/h5-10H,3-4H2,1-2H3,(H,15,16,17). The molecule has 0 saturated carbocycles. The molecule has 21 heavy (non-hydrogen) atoms. The van der Waals surface area contributed by atoms with E-state index in [1.165, 1.54) is 6.33 Å². The fourth-order valence-corrected chi connectivity index (χ4v) is 2.04. The number of para-hydroxylation sites is 1. The summed E-state index contributed by atoms with van der Waals surface area (Å²) in [7, 11) is 0. The number of anilines is 3. The predicted molar refractivity (Wildman–Crippen MR) is 82.0 cm³/mol. The van der Waals surface area contributed by atoms with Crippen LogP contribution in [0.3, 0.4) is 0 Å². The van der Waals surface area contributed by atoms with Crippen LogP contribution in [-0.4, -0.2) is 28.0 Å². The maximum Gasteiger partial charge on any atom is 0.353 e. The molecule has 0 amide bonds. The molecular formula is C14H17N5O2. The second-order valence-electron chi connectivity index (χ2n) is 4.31. The summed E-state index contributed by atoms with van der Waals surface area (Å²) in [5.74, 6) is 0.529. The molecule has 0 aliphatic carbocycles. The van der Waals surface area contributed by atoms with Crippen LogP contribution in [0.4, 0.5) is 23.0 Å². The number of hydrogen-bond acceptors (Lipinski definition) is 6. The molecule has 0 radical (unpaired) electrons. The number of nitro groups is 1. The number of aromatic nitrogens is 2. The van der Waals surface area contributed by atoms with Gasteiger partial charge in [0.25, 0.3) is 0 Å². The minimum Gasteiger partial charge on any atom is -0.351 e. The molecule has 1 heterocycles. The van der Waals surface area contributed by atoms with Gasteiger partial charge < -0.3 is 10.2 Å². The number of rotatable bonds is 6. The normalized spacial score (nSPS) is 10.2. The van der Waals surface area contributed by atoms with Gasteiger partial charge in [0, 0.05) is 18.8 Å². The quantitative estimate of drug-likeness (QED) is 0.649. The SMILES string of the molecule is CCN(CC)c1ncnc(Nc2ccccc2)c1[N+](=O)[O-]. The van der Waals surface area contributed by atoms with E-state index < -0.39 is 4.92 Å². The zero-order valence-electron chi connectivity index (χ0n) is 12.0. The topological polar surface area (TPSA) is 84.2 Å². The summed E-state index contributed by atoms with van der Waals surface area (Å²) in [4.78, 5) is 20.9. The molecule has 0 atom stereocenters. The molecule has 0 aliphatic rings. The Labute approximate surface area is 122 Å². The van der Waals surface area contributed by atoms with Gasteiger partial charge in [-0.25, -0.2) is 9.97 Å². The summed E-state index contributed by atoms with van der Waals surface area (Å²) in [5, 5.41) is 14.4. The number of hydrogen-bond donors (Lipinski definition) is 1. The van der Waals surface area contributed by atoms with Gasteiger partial charge in [-0.2, -0.15) is 0 Å². The van der Waals surface area contributed by atoms with Crippen molar-refractivity contribution >= 4 is 23.0 Å². The van der Waals surface area contributed by atoms with Crippen molar-refractivity contribution in [3.8, 4) is 0 Å². The van der Waals surface area contributed by atoms with E-state index >= 15 is 0 Å². The first-order valence-corrected chi connectivity index (χ1v) is 6.73. The number of benzene rings is 1. The first-order chi connectivity index (χ1) is 10.2. The largest absolute Gasteiger partial charge is 0.353 e. The van der Waals surface area contributed by atoms with E-state index in [-0.39, 0.29) is 11.5 Å². The van der Waals surface area contributed by atoms with Crippen molar-refractivity contribution < 1.29 is 4.92 Å². The monoisotopic (exact) mass is 287 g/mol. The lowest BCUT2D eigenvalue weighted by Crippen LogP contribution is -2.24. The van der Waals surface area contributed by atoms with Crippen LogP contribution < -0.4 is 10.2 Å². The highest BCUT2D eigenvalue weighted by molar-refractivity contribution is 5.74. The van der Waals surface area contributed by atoms with Gasteiger partial charge in [-0.3, -0.25) is 10.1 Å². The van der Waals surface area contributed by atoms with Crippen molar-refractivity contribution in [2.24, 2.45) is 0 Å². The Morgan fingerprint density at radius 3 is 2.43 bits per heavy atom. The summed E-state index contributed by atoms with van der Waals surface area (Å²) < 4.78 is 0. The average Bonchev–Trinajstić information content (AvgIpc) is 2.49. The maximum absolute atomic E-state index is 11.4. The molecule has 2 aromatic rings. The molecule has 0 spiro atoms. The highest BCUT2D eigenvalue weighted by Crippen LogP contribution is 2.33. The van der Waals surface area contributed by atoms with Crippen LogP contribution in [-0.2, 0) is 0 Å². The maximum atomic E-state index is 11.4. The van der Waals surface area contributed by atoms with Crippen LogP contribution in [0.2, 0.25) is 0 Å². The smallest absolute Gasteiger partial charge is 0.351 e. The molecule has 1 aromatic heterocycles. The van der Waals surface area contributed by atoms with Crippen LogP contribution in [0, 0.1) is 10.1 Å². The Kier molecular flexibility index (Phi) is 4.65. The van der Waals surface area contributed by atoms with Crippen molar-refractivity contribution in [3.63, 3.8) is 0 Å². The second kappa shape index (κ2) is 6.65. The van der Waals surface area contributed by atoms with E-state index in [4.69, 9.17) is 0 Å². The summed E-state index contributed by atoms with van der Waals surface area (Å²) in [5.41, 5.74) is 0.634. The number of nitrogens with one attached hydrogen (secondary N) is 1. The van der Waals surface area contributed by atoms with Crippen molar-refractivity contribution in [2.75, 3.05) is 23.3 Å². The lowest BCUT2D eigenvalue weighted by Gasteiger charge is -2.20. The Balaban J connectivity index is 2.46. The summed E-state index contributed by atoms with van der Waals surface area (Å²) in [6.07, 6.45) is 1.34. The molecule has 0 aliphatic heterocycles. The van der Waals surface area contributed by atoms with Crippen molar-refractivity contribution in [1.82, 2.24) is 9.97 Å². The van der Waals surface area contributed by atoms with E-state index in [2.05, 4.69) is 15.3 Å². The molecule has 1 aromatic carbocycles.